The second-order valence-corrected chi connectivity index (χ2v) is 7.30. The first kappa shape index (κ1) is 15.2. The summed E-state index contributed by atoms with van der Waals surface area (Å²) < 4.78 is 11.3. The third kappa shape index (κ3) is 3.45. The lowest BCUT2D eigenvalue weighted by Gasteiger charge is -2.33. The van der Waals surface area contributed by atoms with Crippen molar-refractivity contribution in [2.75, 3.05) is 13.1 Å². The Morgan fingerprint density at radius 3 is 2.96 bits per heavy atom. The van der Waals surface area contributed by atoms with Crippen LogP contribution in [0.4, 0.5) is 0 Å². The number of ether oxygens (including phenoxy) is 1. The zero-order chi connectivity index (χ0) is 15.6. The topological polar surface area (TPSA) is 54.7 Å². The largest absolute Gasteiger partial charge is 0.472 e. The number of nitrogens with one attached hydrogen (secondary N) is 1. The number of furan rings is 1. The van der Waals surface area contributed by atoms with E-state index in [2.05, 4.69) is 10.2 Å². The Morgan fingerprint density at radius 1 is 1.30 bits per heavy atom. The van der Waals surface area contributed by atoms with Crippen molar-refractivity contribution < 1.29 is 13.9 Å². The van der Waals surface area contributed by atoms with Crippen LogP contribution in [0.5, 0.6) is 0 Å². The summed E-state index contributed by atoms with van der Waals surface area (Å²) in [4.78, 5) is 14.8. The Labute approximate surface area is 137 Å². The van der Waals surface area contributed by atoms with Gasteiger partial charge in [0.25, 0.3) is 0 Å². The first-order valence-corrected chi connectivity index (χ1v) is 8.97. The summed E-state index contributed by atoms with van der Waals surface area (Å²) in [5.41, 5.74) is 1.21. The minimum atomic E-state index is -0.237. The average molecular weight is 318 g/mol. The van der Waals surface area contributed by atoms with Gasteiger partial charge in [-0.1, -0.05) is 12.8 Å². The highest BCUT2D eigenvalue weighted by atomic mass is 16.5. The Kier molecular flexibility index (Phi) is 4.40. The fraction of sp³-hybridized carbons (Fsp3) is 0.722. The van der Waals surface area contributed by atoms with Gasteiger partial charge >= 0.3 is 0 Å². The molecule has 1 saturated carbocycles. The molecule has 1 aromatic rings. The molecule has 1 aliphatic carbocycles. The van der Waals surface area contributed by atoms with Gasteiger partial charge in [0.1, 0.15) is 6.10 Å². The molecule has 2 saturated heterocycles. The molecule has 1 aromatic heterocycles. The molecule has 126 valence electrons. The van der Waals surface area contributed by atoms with Gasteiger partial charge in [-0.3, -0.25) is 9.69 Å². The van der Waals surface area contributed by atoms with Crippen LogP contribution in [0.25, 0.3) is 0 Å². The van der Waals surface area contributed by atoms with Crippen LogP contribution in [0.15, 0.2) is 23.0 Å². The van der Waals surface area contributed by atoms with E-state index in [1.165, 1.54) is 18.4 Å². The van der Waals surface area contributed by atoms with Crippen LogP contribution in [0.2, 0.25) is 0 Å². The Morgan fingerprint density at radius 2 is 2.17 bits per heavy atom. The van der Waals surface area contributed by atoms with Gasteiger partial charge in [0.15, 0.2) is 0 Å². The van der Waals surface area contributed by atoms with Crippen molar-refractivity contribution in [3.63, 3.8) is 0 Å². The molecule has 3 atom stereocenters. The molecule has 5 heteroatoms. The second-order valence-electron chi connectivity index (χ2n) is 7.30. The highest BCUT2D eigenvalue weighted by Gasteiger charge is 2.42. The van der Waals surface area contributed by atoms with Gasteiger partial charge < -0.3 is 14.5 Å². The standard InChI is InChI=1S/C18H26N2O3/c21-18(19-15-3-1-2-4-15)16-9-14-5-7-20(11-17(14)23-16)10-13-6-8-22-12-13/h6,8,12,14-17H,1-5,7,9-11H2,(H,19,21)/t14-,16-,17+/m0/s1. The van der Waals surface area contributed by atoms with Gasteiger partial charge in [-0.05, 0) is 44.2 Å². The average Bonchev–Trinajstić information content (AvgIpc) is 3.27. The Bertz CT molecular complexity index is 524. The molecule has 23 heavy (non-hydrogen) atoms. The number of hydrogen-bond donors (Lipinski definition) is 1. The molecule has 3 aliphatic rings. The van der Waals surface area contributed by atoms with Crippen molar-refractivity contribution in [2.24, 2.45) is 5.92 Å². The fourth-order valence-corrected chi connectivity index (χ4v) is 4.31. The van der Waals surface area contributed by atoms with E-state index >= 15 is 0 Å². The Hall–Kier alpha value is -1.33. The number of fused-ring (bicyclic) bond motifs is 1. The van der Waals surface area contributed by atoms with E-state index < -0.39 is 0 Å². The van der Waals surface area contributed by atoms with Crippen LogP contribution in [0, 0.1) is 5.92 Å². The van der Waals surface area contributed by atoms with Gasteiger partial charge in [0, 0.05) is 24.7 Å². The lowest BCUT2D eigenvalue weighted by atomic mass is 9.91. The summed E-state index contributed by atoms with van der Waals surface area (Å²) in [6, 6.07) is 2.39. The molecule has 5 nitrogen and oxygen atoms in total. The number of carbonyl (C=O) groups excluding carboxylic acids is 1. The van der Waals surface area contributed by atoms with Crippen molar-refractivity contribution >= 4 is 5.91 Å². The van der Waals surface area contributed by atoms with Gasteiger partial charge in [-0.15, -0.1) is 0 Å². The van der Waals surface area contributed by atoms with Crippen LogP contribution in [-0.4, -0.2) is 42.1 Å². The SMILES string of the molecule is O=C(NC1CCCC1)[C@@H]1C[C@@H]2CCN(Cc3ccoc3)C[C@H]2O1. The predicted octanol–water partition coefficient (Wildman–Crippen LogP) is 2.32. The molecule has 0 bridgehead atoms. The lowest BCUT2D eigenvalue weighted by molar-refractivity contribution is -0.133. The molecule has 0 radical (unpaired) electrons. The van der Waals surface area contributed by atoms with E-state index in [0.717, 1.165) is 45.3 Å². The summed E-state index contributed by atoms with van der Waals surface area (Å²) in [5.74, 6) is 0.655. The zero-order valence-corrected chi connectivity index (χ0v) is 13.6. The minimum Gasteiger partial charge on any atom is -0.472 e. The molecular weight excluding hydrogens is 292 g/mol. The lowest BCUT2D eigenvalue weighted by Crippen LogP contribution is -2.42. The number of hydrogen-bond acceptors (Lipinski definition) is 4. The van der Waals surface area contributed by atoms with Crippen molar-refractivity contribution in [1.82, 2.24) is 10.2 Å². The maximum Gasteiger partial charge on any atom is 0.249 e. The van der Waals surface area contributed by atoms with E-state index in [0.29, 0.717) is 12.0 Å². The zero-order valence-electron chi connectivity index (χ0n) is 13.6. The van der Waals surface area contributed by atoms with Crippen molar-refractivity contribution in [3.05, 3.63) is 24.2 Å². The van der Waals surface area contributed by atoms with Crippen LogP contribution in [0.1, 0.15) is 44.1 Å². The number of nitrogens with zero attached hydrogens (tertiary/aromatic N) is 1. The fourth-order valence-electron chi connectivity index (χ4n) is 4.31. The van der Waals surface area contributed by atoms with E-state index in [1.54, 1.807) is 12.5 Å². The second kappa shape index (κ2) is 6.65. The number of rotatable bonds is 4. The molecular formula is C18H26N2O3. The highest BCUT2D eigenvalue weighted by Crippen LogP contribution is 2.34. The van der Waals surface area contributed by atoms with Gasteiger partial charge in [0.05, 0.1) is 18.6 Å². The number of likely N-dealkylation sites (tertiary alicyclic amines) is 1. The Balaban J connectivity index is 1.29. The molecule has 0 spiro atoms. The maximum absolute atomic E-state index is 12.4. The molecule has 3 fully saturated rings. The predicted molar refractivity (Wildman–Crippen MR) is 85.8 cm³/mol. The molecule has 1 amide bonds. The van der Waals surface area contributed by atoms with E-state index in [1.807, 2.05) is 6.07 Å². The summed E-state index contributed by atoms with van der Waals surface area (Å²) in [6.45, 7) is 2.90. The van der Waals surface area contributed by atoms with Gasteiger partial charge in [-0.25, -0.2) is 0 Å². The van der Waals surface area contributed by atoms with Crippen LogP contribution < -0.4 is 5.32 Å². The quantitative estimate of drug-likeness (QED) is 0.926. The highest BCUT2D eigenvalue weighted by molar-refractivity contribution is 5.81. The molecule has 3 heterocycles. The third-order valence-corrected chi connectivity index (χ3v) is 5.62. The van der Waals surface area contributed by atoms with Crippen molar-refractivity contribution in [3.8, 4) is 0 Å². The molecule has 2 aliphatic heterocycles. The van der Waals surface area contributed by atoms with Crippen LogP contribution in [-0.2, 0) is 16.1 Å². The summed E-state index contributed by atoms with van der Waals surface area (Å²) in [7, 11) is 0. The smallest absolute Gasteiger partial charge is 0.249 e. The van der Waals surface area contributed by atoms with E-state index in [4.69, 9.17) is 9.15 Å². The third-order valence-electron chi connectivity index (χ3n) is 5.62. The number of carbonyl (C=O) groups is 1. The first-order chi connectivity index (χ1) is 11.3. The molecule has 0 unspecified atom stereocenters. The van der Waals surface area contributed by atoms with E-state index in [-0.39, 0.29) is 18.1 Å². The summed E-state index contributed by atoms with van der Waals surface area (Å²) in [5, 5.41) is 3.19. The van der Waals surface area contributed by atoms with Crippen molar-refractivity contribution in [1.29, 1.82) is 0 Å². The summed E-state index contributed by atoms with van der Waals surface area (Å²) >= 11 is 0. The molecule has 0 aromatic carbocycles. The molecule has 4 rings (SSSR count). The normalized spacial score (nSPS) is 32.1. The van der Waals surface area contributed by atoms with E-state index in [9.17, 15) is 4.79 Å². The monoisotopic (exact) mass is 318 g/mol. The number of piperidine rings is 1. The molecule has 1 N–H and O–H groups in total. The van der Waals surface area contributed by atoms with Crippen molar-refractivity contribution in [2.45, 2.75) is 63.3 Å². The maximum atomic E-state index is 12.4. The van der Waals surface area contributed by atoms with Crippen LogP contribution >= 0.6 is 0 Å². The minimum absolute atomic E-state index is 0.118. The number of amides is 1. The van der Waals surface area contributed by atoms with Gasteiger partial charge in [-0.2, -0.15) is 0 Å². The van der Waals surface area contributed by atoms with Gasteiger partial charge in [0.2, 0.25) is 5.91 Å². The van der Waals surface area contributed by atoms with Crippen LogP contribution in [0.3, 0.4) is 0 Å². The first-order valence-electron chi connectivity index (χ1n) is 8.97. The summed E-state index contributed by atoms with van der Waals surface area (Å²) in [6.07, 6.45) is 10.2.